The zero-order valence-corrected chi connectivity index (χ0v) is 19.1. The first-order valence-corrected chi connectivity index (χ1v) is 11.7. The number of nitrogens with zero attached hydrogens (tertiary/aromatic N) is 1. The van der Waals surface area contributed by atoms with Crippen molar-refractivity contribution in [3.8, 4) is 22.5 Å². The Hall–Kier alpha value is -3.92. The van der Waals surface area contributed by atoms with Gasteiger partial charge in [0.15, 0.2) is 5.76 Å². The molecule has 0 spiro atoms. The van der Waals surface area contributed by atoms with Crippen LogP contribution in [0.25, 0.3) is 28.5 Å². The molecule has 1 aliphatic rings. The average Bonchev–Trinajstić information content (AvgIpc) is 3.60. The van der Waals surface area contributed by atoms with Crippen molar-refractivity contribution in [2.45, 2.75) is 32.1 Å². The fourth-order valence-electron chi connectivity index (χ4n) is 4.45. The molecule has 0 amide bonds. The van der Waals surface area contributed by atoms with Gasteiger partial charge in [0.25, 0.3) is 0 Å². The Kier molecular flexibility index (Phi) is 6.13. The minimum Gasteiger partial charge on any atom is -0.481 e. The molecule has 5 rings (SSSR count). The van der Waals surface area contributed by atoms with Crippen molar-refractivity contribution in [3.63, 3.8) is 0 Å². The van der Waals surface area contributed by atoms with Gasteiger partial charge in [-0.3, -0.25) is 4.79 Å². The number of aryl methyl sites for hydroxylation is 2. The highest BCUT2D eigenvalue weighted by atomic mass is 16.5. The number of rotatable bonds is 8. The predicted octanol–water partition coefficient (Wildman–Crippen LogP) is 7.15. The lowest BCUT2D eigenvalue weighted by atomic mass is 9.99. The Morgan fingerprint density at radius 1 is 0.971 bits per heavy atom. The summed E-state index contributed by atoms with van der Waals surface area (Å²) in [6.07, 6.45) is 6.99. The SMILES string of the molecule is Cc1noc(-c2ccc(-c3ccc(C4CC4C(=O)O)cc3)cc2)c1C=CCCc1ccccc1. The molecule has 3 aromatic carbocycles. The van der Waals surface area contributed by atoms with Crippen molar-refractivity contribution in [3.05, 3.63) is 107 Å². The molecular weight excluding hydrogens is 422 g/mol. The van der Waals surface area contributed by atoms with Gasteiger partial charge in [-0.15, -0.1) is 0 Å². The molecule has 0 saturated heterocycles. The van der Waals surface area contributed by atoms with E-state index in [2.05, 4.69) is 90.1 Å². The molecule has 1 saturated carbocycles. The van der Waals surface area contributed by atoms with Gasteiger partial charge in [0, 0.05) is 11.1 Å². The van der Waals surface area contributed by atoms with Crippen LogP contribution in [0, 0.1) is 12.8 Å². The van der Waals surface area contributed by atoms with Gasteiger partial charge in [-0.25, -0.2) is 0 Å². The zero-order valence-electron chi connectivity index (χ0n) is 19.1. The van der Waals surface area contributed by atoms with E-state index in [1.807, 2.05) is 13.0 Å². The largest absolute Gasteiger partial charge is 0.481 e. The summed E-state index contributed by atoms with van der Waals surface area (Å²) in [5.74, 6) is 0.0152. The summed E-state index contributed by atoms with van der Waals surface area (Å²) in [5, 5.41) is 13.3. The van der Waals surface area contributed by atoms with Gasteiger partial charge in [0.2, 0.25) is 0 Å². The fraction of sp³-hybridized carbons (Fsp3) is 0.200. The lowest BCUT2D eigenvalue weighted by Gasteiger charge is -2.06. The van der Waals surface area contributed by atoms with Crippen LogP contribution >= 0.6 is 0 Å². The summed E-state index contributed by atoms with van der Waals surface area (Å²) in [6.45, 7) is 1.97. The molecule has 4 nitrogen and oxygen atoms in total. The van der Waals surface area contributed by atoms with Crippen LogP contribution in [0.3, 0.4) is 0 Å². The maximum Gasteiger partial charge on any atom is 0.307 e. The number of hydrogen-bond donors (Lipinski definition) is 1. The molecule has 0 radical (unpaired) electrons. The number of aromatic nitrogens is 1. The third kappa shape index (κ3) is 4.72. The Morgan fingerprint density at radius 2 is 1.62 bits per heavy atom. The van der Waals surface area contributed by atoms with Gasteiger partial charge < -0.3 is 9.63 Å². The van der Waals surface area contributed by atoms with Gasteiger partial charge in [0.1, 0.15) is 0 Å². The van der Waals surface area contributed by atoms with Crippen molar-refractivity contribution >= 4 is 12.0 Å². The quantitative estimate of drug-likeness (QED) is 0.310. The number of carbonyl (C=O) groups is 1. The summed E-state index contributed by atoms with van der Waals surface area (Å²) in [6, 6.07) is 27.0. The maximum absolute atomic E-state index is 11.1. The predicted molar refractivity (Wildman–Crippen MR) is 134 cm³/mol. The molecule has 1 heterocycles. The third-order valence-electron chi connectivity index (χ3n) is 6.56. The summed E-state index contributed by atoms with van der Waals surface area (Å²) in [5.41, 5.74) is 7.54. The minimum atomic E-state index is -0.697. The van der Waals surface area contributed by atoms with Crippen LogP contribution in [-0.4, -0.2) is 16.2 Å². The van der Waals surface area contributed by atoms with Crippen molar-refractivity contribution in [1.29, 1.82) is 0 Å². The van der Waals surface area contributed by atoms with E-state index in [9.17, 15) is 4.79 Å². The highest BCUT2D eigenvalue weighted by molar-refractivity contribution is 5.76. The van der Waals surface area contributed by atoms with Crippen LogP contribution in [-0.2, 0) is 11.2 Å². The number of allylic oxidation sites excluding steroid dienone is 1. The monoisotopic (exact) mass is 449 g/mol. The molecule has 1 aromatic heterocycles. The first kappa shape index (κ1) is 21.9. The van der Waals surface area contributed by atoms with E-state index in [-0.39, 0.29) is 11.8 Å². The second kappa shape index (κ2) is 9.52. The molecule has 1 N–H and O–H groups in total. The van der Waals surface area contributed by atoms with Gasteiger partial charge in [-0.2, -0.15) is 0 Å². The summed E-state index contributed by atoms with van der Waals surface area (Å²) >= 11 is 0. The van der Waals surface area contributed by atoms with Crippen LogP contribution in [0.5, 0.6) is 0 Å². The highest BCUT2D eigenvalue weighted by Gasteiger charge is 2.43. The van der Waals surface area contributed by atoms with Crippen LogP contribution in [0.1, 0.15) is 41.1 Å². The van der Waals surface area contributed by atoms with E-state index in [0.717, 1.165) is 58.5 Å². The molecule has 170 valence electrons. The Morgan fingerprint density at radius 3 is 2.26 bits per heavy atom. The molecule has 0 aliphatic heterocycles. The first-order chi connectivity index (χ1) is 16.6. The minimum absolute atomic E-state index is 0.155. The topological polar surface area (TPSA) is 63.3 Å². The molecule has 1 aliphatic carbocycles. The van der Waals surface area contributed by atoms with Gasteiger partial charge in [-0.05, 0) is 54.4 Å². The highest BCUT2D eigenvalue weighted by Crippen LogP contribution is 2.47. The van der Waals surface area contributed by atoms with Gasteiger partial charge in [-0.1, -0.05) is 96.2 Å². The summed E-state index contributed by atoms with van der Waals surface area (Å²) in [4.78, 5) is 11.1. The lowest BCUT2D eigenvalue weighted by Crippen LogP contribution is -1.98. The van der Waals surface area contributed by atoms with Crippen molar-refractivity contribution in [2.75, 3.05) is 0 Å². The summed E-state index contributed by atoms with van der Waals surface area (Å²) < 4.78 is 5.67. The standard InChI is InChI=1S/C30H27NO3/c1-20-26(10-6-5-9-21-7-3-2-4-8-21)29(34-31-20)25-17-13-23(14-18-25)22-11-15-24(16-12-22)27-19-28(27)30(32)33/h2-4,6-8,10-18,27-28H,5,9,19H2,1H3,(H,32,33). The summed E-state index contributed by atoms with van der Waals surface area (Å²) in [7, 11) is 0. The van der Waals surface area contributed by atoms with E-state index in [0.29, 0.717) is 0 Å². The van der Waals surface area contributed by atoms with Crippen LogP contribution in [0.2, 0.25) is 0 Å². The van der Waals surface area contributed by atoms with Crippen molar-refractivity contribution in [2.24, 2.45) is 5.92 Å². The maximum atomic E-state index is 11.1. The molecular formula is C30H27NO3. The van der Waals surface area contributed by atoms with E-state index in [1.54, 1.807) is 0 Å². The number of carboxylic acids is 1. The average molecular weight is 450 g/mol. The van der Waals surface area contributed by atoms with Crippen molar-refractivity contribution in [1.82, 2.24) is 5.16 Å². The number of carboxylic acid groups (broad SMARTS) is 1. The lowest BCUT2D eigenvalue weighted by molar-refractivity contribution is -0.138. The molecule has 4 heteroatoms. The van der Waals surface area contributed by atoms with Crippen molar-refractivity contribution < 1.29 is 14.4 Å². The fourth-order valence-corrected chi connectivity index (χ4v) is 4.45. The Labute approximate surface area is 199 Å². The Bertz CT molecular complexity index is 1300. The number of hydrogen-bond acceptors (Lipinski definition) is 3. The molecule has 0 bridgehead atoms. The second-order valence-electron chi connectivity index (χ2n) is 8.92. The van der Waals surface area contributed by atoms with E-state index < -0.39 is 5.97 Å². The zero-order chi connectivity index (χ0) is 23.5. The van der Waals surface area contributed by atoms with E-state index in [1.165, 1.54) is 5.56 Å². The van der Waals surface area contributed by atoms with Crippen LogP contribution in [0.15, 0.2) is 89.5 Å². The van der Waals surface area contributed by atoms with Gasteiger partial charge >= 0.3 is 5.97 Å². The van der Waals surface area contributed by atoms with Crippen LogP contribution < -0.4 is 0 Å². The van der Waals surface area contributed by atoms with E-state index in [4.69, 9.17) is 9.63 Å². The molecule has 2 atom stereocenters. The first-order valence-electron chi connectivity index (χ1n) is 11.7. The third-order valence-corrected chi connectivity index (χ3v) is 6.56. The molecule has 2 unspecified atom stereocenters. The van der Waals surface area contributed by atoms with E-state index >= 15 is 0 Å². The van der Waals surface area contributed by atoms with Gasteiger partial charge in [0.05, 0.1) is 11.6 Å². The number of benzene rings is 3. The molecule has 34 heavy (non-hydrogen) atoms. The van der Waals surface area contributed by atoms with Crippen LogP contribution in [0.4, 0.5) is 0 Å². The normalized spacial score (nSPS) is 17.2. The second-order valence-corrected chi connectivity index (χ2v) is 8.92. The molecule has 1 fully saturated rings. The number of aliphatic carboxylic acids is 1. The molecule has 4 aromatic rings. The smallest absolute Gasteiger partial charge is 0.307 e. The Balaban J connectivity index is 1.27.